The monoisotopic (exact) mass is 345 g/mol. The van der Waals surface area contributed by atoms with E-state index < -0.39 is 0 Å². The van der Waals surface area contributed by atoms with Gasteiger partial charge in [-0.3, -0.25) is 9.36 Å². The summed E-state index contributed by atoms with van der Waals surface area (Å²) in [6, 6.07) is 5.05. The van der Waals surface area contributed by atoms with E-state index in [4.69, 9.17) is 0 Å². The third-order valence-electron chi connectivity index (χ3n) is 4.88. The van der Waals surface area contributed by atoms with Crippen LogP contribution in [0.3, 0.4) is 0 Å². The molecular formula is C17H23N5OS. The van der Waals surface area contributed by atoms with Crippen LogP contribution in [-0.4, -0.2) is 51.2 Å². The van der Waals surface area contributed by atoms with E-state index in [1.807, 2.05) is 4.90 Å². The molecule has 24 heavy (non-hydrogen) atoms. The zero-order chi connectivity index (χ0) is 16.8. The van der Waals surface area contributed by atoms with Crippen LogP contribution < -0.4 is 4.90 Å². The van der Waals surface area contributed by atoms with Gasteiger partial charge in [-0.2, -0.15) is 0 Å². The predicted molar refractivity (Wildman–Crippen MR) is 95.4 cm³/mol. The van der Waals surface area contributed by atoms with Crippen molar-refractivity contribution in [2.45, 2.75) is 45.7 Å². The van der Waals surface area contributed by atoms with E-state index in [9.17, 15) is 4.79 Å². The molecule has 7 heteroatoms. The number of carbonyl (C=O) groups excluding carboxylic acids is 1. The maximum Gasteiger partial charge on any atom is 0.228 e. The number of hydrogen-bond donors (Lipinski definition) is 0. The first-order chi connectivity index (χ1) is 11.5. The van der Waals surface area contributed by atoms with Gasteiger partial charge in [0.25, 0.3) is 0 Å². The van der Waals surface area contributed by atoms with Crippen LogP contribution in [0.1, 0.15) is 37.6 Å². The van der Waals surface area contributed by atoms with Crippen LogP contribution in [0.15, 0.2) is 12.1 Å². The van der Waals surface area contributed by atoms with Crippen LogP contribution in [0.2, 0.25) is 0 Å². The molecule has 3 heterocycles. The molecule has 1 atom stereocenters. The molecule has 6 nitrogen and oxygen atoms in total. The Morgan fingerprint density at radius 3 is 2.62 bits per heavy atom. The normalized spacial score (nSPS) is 21.4. The zero-order valence-electron chi connectivity index (χ0n) is 14.4. The second-order valence-corrected chi connectivity index (χ2v) is 8.13. The molecule has 1 saturated carbocycles. The van der Waals surface area contributed by atoms with Crippen molar-refractivity contribution >= 4 is 23.2 Å². The van der Waals surface area contributed by atoms with Crippen LogP contribution in [0.5, 0.6) is 0 Å². The fourth-order valence-corrected chi connectivity index (χ4v) is 4.26. The van der Waals surface area contributed by atoms with E-state index in [0.29, 0.717) is 6.04 Å². The fourth-order valence-electron chi connectivity index (χ4n) is 3.41. The van der Waals surface area contributed by atoms with Gasteiger partial charge in [-0.1, -0.05) is 0 Å². The highest BCUT2D eigenvalue weighted by Gasteiger charge is 2.35. The number of aryl methyl sites for hydroxylation is 1. The minimum absolute atomic E-state index is 0.153. The summed E-state index contributed by atoms with van der Waals surface area (Å²) in [5.41, 5.74) is 0. The summed E-state index contributed by atoms with van der Waals surface area (Å²) in [4.78, 5) is 18.4. The van der Waals surface area contributed by atoms with Gasteiger partial charge in [-0.15, -0.1) is 21.5 Å². The molecule has 2 fully saturated rings. The van der Waals surface area contributed by atoms with Crippen molar-refractivity contribution in [3.63, 3.8) is 0 Å². The van der Waals surface area contributed by atoms with Gasteiger partial charge in [0.15, 0.2) is 5.82 Å². The van der Waals surface area contributed by atoms with Gasteiger partial charge in [0.2, 0.25) is 11.9 Å². The number of anilines is 1. The molecule has 1 aliphatic heterocycles. The number of carbonyl (C=O) groups is 1. The lowest BCUT2D eigenvalue weighted by atomic mass is 10.2. The summed E-state index contributed by atoms with van der Waals surface area (Å²) in [5.74, 6) is 2.11. The number of amides is 1. The molecule has 4 rings (SSSR count). The standard InChI is InChI=1S/C17H23N5OS/c1-11-10-20(13(3)23)8-9-21(11)17-19-18-16(22(17)14-5-6-14)15-7-4-12(2)24-15/h4,7,11,14H,5-6,8-10H2,1-3H3. The van der Waals surface area contributed by atoms with Crippen molar-refractivity contribution < 1.29 is 4.79 Å². The Labute approximate surface area is 146 Å². The fraction of sp³-hybridized carbons (Fsp3) is 0.588. The van der Waals surface area contributed by atoms with Crippen molar-refractivity contribution in [2.75, 3.05) is 24.5 Å². The highest BCUT2D eigenvalue weighted by Crippen LogP contribution is 2.42. The summed E-state index contributed by atoms with van der Waals surface area (Å²) >= 11 is 1.77. The Balaban J connectivity index is 1.66. The molecule has 0 N–H and O–H groups in total. The summed E-state index contributed by atoms with van der Waals surface area (Å²) in [6.07, 6.45) is 2.40. The molecule has 2 aromatic rings. The van der Waals surface area contributed by atoms with Gasteiger partial charge >= 0.3 is 0 Å². The van der Waals surface area contributed by atoms with Gasteiger partial charge in [-0.05, 0) is 38.8 Å². The van der Waals surface area contributed by atoms with E-state index in [1.165, 1.54) is 22.6 Å². The molecule has 1 saturated heterocycles. The number of hydrogen-bond acceptors (Lipinski definition) is 5. The van der Waals surface area contributed by atoms with Crippen molar-refractivity contribution in [1.82, 2.24) is 19.7 Å². The van der Waals surface area contributed by atoms with Crippen LogP contribution >= 0.6 is 11.3 Å². The van der Waals surface area contributed by atoms with Gasteiger partial charge in [0, 0.05) is 43.5 Å². The lowest BCUT2D eigenvalue weighted by Gasteiger charge is -2.40. The number of nitrogens with zero attached hydrogens (tertiary/aromatic N) is 5. The van der Waals surface area contributed by atoms with Crippen molar-refractivity contribution in [2.24, 2.45) is 0 Å². The molecular weight excluding hydrogens is 322 g/mol. The molecule has 1 unspecified atom stereocenters. The van der Waals surface area contributed by atoms with Crippen LogP contribution in [-0.2, 0) is 4.79 Å². The van der Waals surface area contributed by atoms with E-state index in [0.717, 1.165) is 31.4 Å². The average Bonchev–Trinajstić information content (AvgIpc) is 3.15. The number of piperazine rings is 1. The third kappa shape index (κ3) is 2.70. The Morgan fingerprint density at radius 1 is 1.25 bits per heavy atom. The van der Waals surface area contributed by atoms with E-state index in [1.54, 1.807) is 18.3 Å². The predicted octanol–water partition coefficient (Wildman–Crippen LogP) is 2.71. The second kappa shape index (κ2) is 5.88. The van der Waals surface area contributed by atoms with Gasteiger partial charge in [-0.25, -0.2) is 0 Å². The molecule has 128 valence electrons. The third-order valence-corrected chi connectivity index (χ3v) is 5.88. The zero-order valence-corrected chi connectivity index (χ0v) is 15.2. The summed E-state index contributed by atoms with van der Waals surface area (Å²) in [7, 11) is 0. The number of rotatable bonds is 3. The van der Waals surface area contributed by atoms with Crippen LogP contribution in [0, 0.1) is 6.92 Å². The second-order valence-electron chi connectivity index (χ2n) is 6.84. The molecule has 2 aromatic heterocycles. The lowest BCUT2D eigenvalue weighted by molar-refractivity contribution is -0.129. The minimum atomic E-state index is 0.153. The molecule has 0 bridgehead atoms. The van der Waals surface area contributed by atoms with E-state index in [2.05, 4.69) is 45.6 Å². The molecule has 0 radical (unpaired) electrons. The first kappa shape index (κ1) is 15.6. The topological polar surface area (TPSA) is 54.3 Å². The number of thiophene rings is 1. The Kier molecular flexibility index (Phi) is 3.83. The minimum Gasteiger partial charge on any atom is -0.339 e. The quantitative estimate of drug-likeness (QED) is 0.858. The first-order valence-electron chi connectivity index (χ1n) is 8.58. The SMILES string of the molecule is CC(=O)N1CCN(c2nnc(-c3ccc(C)s3)n2C2CC2)C(C)C1. The lowest BCUT2D eigenvalue weighted by Crippen LogP contribution is -2.54. The van der Waals surface area contributed by atoms with Gasteiger partial charge in [0.1, 0.15) is 0 Å². The highest BCUT2D eigenvalue weighted by molar-refractivity contribution is 7.15. The van der Waals surface area contributed by atoms with Crippen LogP contribution in [0.4, 0.5) is 5.95 Å². The molecule has 0 spiro atoms. The average molecular weight is 345 g/mol. The summed E-state index contributed by atoms with van der Waals surface area (Å²) in [6.45, 7) is 8.25. The molecule has 2 aliphatic rings. The summed E-state index contributed by atoms with van der Waals surface area (Å²) in [5, 5.41) is 9.08. The van der Waals surface area contributed by atoms with Crippen molar-refractivity contribution in [3.8, 4) is 10.7 Å². The van der Waals surface area contributed by atoms with Crippen molar-refractivity contribution in [1.29, 1.82) is 0 Å². The first-order valence-corrected chi connectivity index (χ1v) is 9.40. The molecule has 0 aromatic carbocycles. The van der Waals surface area contributed by atoms with Crippen LogP contribution in [0.25, 0.3) is 10.7 Å². The maximum absolute atomic E-state index is 11.6. The largest absolute Gasteiger partial charge is 0.339 e. The molecule has 1 aliphatic carbocycles. The van der Waals surface area contributed by atoms with Gasteiger partial charge < -0.3 is 9.80 Å². The van der Waals surface area contributed by atoms with Crippen molar-refractivity contribution in [3.05, 3.63) is 17.0 Å². The van der Waals surface area contributed by atoms with E-state index in [-0.39, 0.29) is 11.9 Å². The Morgan fingerprint density at radius 2 is 2.04 bits per heavy atom. The molecule has 1 amide bonds. The summed E-state index contributed by atoms with van der Waals surface area (Å²) < 4.78 is 2.32. The maximum atomic E-state index is 11.6. The Bertz CT molecular complexity index is 763. The Hall–Kier alpha value is -1.89. The van der Waals surface area contributed by atoms with E-state index >= 15 is 0 Å². The smallest absolute Gasteiger partial charge is 0.228 e. The highest BCUT2D eigenvalue weighted by atomic mass is 32.1. The number of aromatic nitrogens is 3. The van der Waals surface area contributed by atoms with Gasteiger partial charge in [0.05, 0.1) is 4.88 Å².